The number of carbonyl (C=O) groups excluding carboxylic acids is 2. The van der Waals surface area contributed by atoms with Crippen LogP contribution in [0.25, 0.3) is 0 Å². The van der Waals surface area contributed by atoms with Crippen LogP contribution in [0.1, 0.15) is 24.1 Å². The van der Waals surface area contributed by atoms with Crippen LogP contribution in [0.3, 0.4) is 0 Å². The molecule has 0 bridgehead atoms. The van der Waals surface area contributed by atoms with Crippen LogP contribution in [-0.2, 0) is 19.6 Å². The van der Waals surface area contributed by atoms with Gasteiger partial charge in [0, 0.05) is 4.47 Å². The van der Waals surface area contributed by atoms with E-state index in [0.29, 0.717) is 17.0 Å². The van der Waals surface area contributed by atoms with Crippen LogP contribution in [0.15, 0.2) is 88.4 Å². The van der Waals surface area contributed by atoms with Crippen LogP contribution in [0.2, 0.25) is 0 Å². The number of rotatable bonds is 11. The number of benzene rings is 3. The second kappa shape index (κ2) is 13.0. The molecule has 0 aliphatic carbocycles. The standard InChI is InChI=1S/C26H27BrN4O5S/c1-19(21-6-4-3-5-7-21)29-26(33)18-36-24-14-8-20(9-15-24)16-28-30-25(32)17-31(37(2,34)35)23-12-10-22(27)11-13-23/h3-16,19H,17-18H2,1-2H3,(H,29,33)(H,30,32)/b28-16-/t19-/m0/s1. The van der Waals surface area contributed by atoms with Crippen LogP contribution in [0.4, 0.5) is 5.69 Å². The van der Waals surface area contributed by atoms with Gasteiger partial charge < -0.3 is 10.1 Å². The first-order valence-corrected chi connectivity index (χ1v) is 13.9. The predicted molar refractivity (Wildman–Crippen MR) is 147 cm³/mol. The van der Waals surface area contributed by atoms with Gasteiger partial charge in [-0.05, 0) is 66.6 Å². The van der Waals surface area contributed by atoms with Crippen molar-refractivity contribution in [3.05, 3.63) is 94.5 Å². The van der Waals surface area contributed by atoms with E-state index in [9.17, 15) is 18.0 Å². The lowest BCUT2D eigenvalue weighted by atomic mass is 10.1. The molecule has 0 radical (unpaired) electrons. The number of halogens is 1. The van der Waals surface area contributed by atoms with Crippen LogP contribution < -0.4 is 19.8 Å². The summed E-state index contributed by atoms with van der Waals surface area (Å²) in [4.78, 5) is 24.5. The van der Waals surface area contributed by atoms with Crippen molar-refractivity contribution in [2.24, 2.45) is 5.10 Å². The van der Waals surface area contributed by atoms with Gasteiger partial charge in [-0.2, -0.15) is 5.10 Å². The number of hydrogen-bond donors (Lipinski definition) is 2. The maximum absolute atomic E-state index is 12.3. The largest absolute Gasteiger partial charge is 0.484 e. The van der Waals surface area contributed by atoms with Crippen LogP contribution in [-0.4, -0.2) is 45.9 Å². The van der Waals surface area contributed by atoms with E-state index < -0.39 is 22.5 Å². The minimum absolute atomic E-state index is 0.129. The zero-order chi connectivity index (χ0) is 26.8. The molecule has 0 aliphatic rings. The Morgan fingerprint density at radius 1 is 1.00 bits per heavy atom. The van der Waals surface area contributed by atoms with Gasteiger partial charge in [-0.1, -0.05) is 46.3 Å². The Balaban J connectivity index is 1.47. The molecule has 0 aliphatic heterocycles. The molecule has 3 aromatic rings. The van der Waals surface area contributed by atoms with E-state index in [2.05, 4.69) is 31.8 Å². The highest BCUT2D eigenvalue weighted by Gasteiger charge is 2.20. The molecule has 0 aromatic heterocycles. The quantitative estimate of drug-likeness (QED) is 0.263. The topological polar surface area (TPSA) is 117 Å². The molecule has 1 atom stereocenters. The van der Waals surface area contributed by atoms with E-state index in [1.54, 1.807) is 48.5 Å². The summed E-state index contributed by atoms with van der Waals surface area (Å²) in [7, 11) is -3.68. The lowest BCUT2D eigenvalue weighted by molar-refractivity contribution is -0.123. The third-order valence-electron chi connectivity index (χ3n) is 5.13. The minimum Gasteiger partial charge on any atom is -0.484 e. The molecular formula is C26H27BrN4O5S. The van der Waals surface area contributed by atoms with Gasteiger partial charge in [0.2, 0.25) is 10.0 Å². The van der Waals surface area contributed by atoms with Crippen molar-refractivity contribution in [2.45, 2.75) is 13.0 Å². The Bertz CT molecular complexity index is 1330. The van der Waals surface area contributed by atoms with E-state index in [4.69, 9.17) is 4.74 Å². The summed E-state index contributed by atoms with van der Waals surface area (Å²) in [6.45, 7) is 1.35. The maximum Gasteiger partial charge on any atom is 0.260 e. The second-order valence-corrected chi connectivity index (χ2v) is 10.9. The molecule has 37 heavy (non-hydrogen) atoms. The number of hydrogen-bond acceptors (Lipinski definition) is 6. The molecule has 3 rings (SSSR count). The lowest BCUT2D eigenvalue weighted by Crippen LogP contribution is -2.38. The molecule has 9 nitrogen and oxygen atoms in total. The van der Waals surface area contributed by atoms with Crippen molar-refractivity contribution in [3.8, 4) is 5.75 Å². The number of hydrazone groups is 1. The molecule has 194 valence electrons. The van der Waals surface area contributed by atoms with Gasteiger partial charge >= 0.3 is 0 Å². The molecule has 2 amide bonds. The summed E-state index contributed by atoms with van der Waals surface area (Å²) < 4.78 is 31.6. The van der Waals surface area contributed by atoms with E-state index in [1.807, 2.05) is 37.3 Å². The highest BCUT2D eigenvalue weighted by atomic mass is 79.9. The molecule has 0 fully saturated rings. The number of nitrogens with one attached hydrogen (secondary N) is 2. The highest BCUT2D eigenvalue weighted by molar-refractivity contribution is 9.10. The van der Waals surface area contributed by atoms with E-state index in [-0.39, 0.29) is 18.6 Å². The summed E-state index contributed by atoms with van der Waals surface area (Å²) in [5.74, 6) is -0.335. The molecule has 0 heterocycles. The Kier molecular flexibility index (Phi) is 9.81. The smallest absolute Gasteiger partial charge is 0.260 e. The van der Waals surface area contributed by atoms with Crippen LogP contribution in [0, 0.1) is 0 Å². The van der Waals surface area contributed by atoms with Gasteiger partial charge in [0.25, 0.3) is 11.8 Å². The summed E-state index contributed by atoms with van der Waals surface area (Å²) in [6.07, 6.45) is 2.45. The number of nitrogens with zero attached hydrogens (tertiary/aromatic N) is 2. The molecule has 0 saturated heterocycles. The van der Waals surface area contributed by atoms with E-state index in [0.717, 1.165) is 20.6 Å². The summed E-state index contributed by atoms with van der Waals surface area (Å²) >= 11 is 3.30. The first-order chi connectivity index (χ1) is 17.6. The van der Waals surface area contributed by atoms with Crippen molar-refractivity contribution in [2.75, 3.05) is 23.7 Å². The Labute approximate surface area is 224 Å². The fraction of sp³-hybridized carbons (Fsp3) is 0.192. The van der Waals surface area contributed by atoms with Crippen molar-refractivity contribution < 1.29 is 22.7 Å². The van der Waals surface area contributed by atoms with E-state index >= 15 is 0 Å². The summed E-state index contributed by atoms with van der Waals surface area (Å²) in [6, 6.07) is 22.8. The molecular weight excluding hydrogens is 560 g/mol. The average Bonchev–Trinajstić information content (AvgIpc) is 2.87. The van der Waals surface area contributed by atoms with Crippen LogP contribution in [0.5, 0.6) is 5.75 Å². The van der Waals surface area contributed by atoms with Gasteiger partial charge in [0.1, 0.15) is 12.3 Å². The Morgan fingerprint density at radius 3 is 2.27 bits per heavy atom. The van der Waals surface area contributed by atoms with E-state index in [1.165, 1.54) is 6.21 Å². The normalized spacial score (nSPS) is 12.1. The van der Waals surface area contributed by atoms with Crippen LogP contribution >= 0.6 is 15.9 Å². The minimum atomic E-state index is -3.68. The van der Waals surface area contributed by atoms with Crippen molar-refractivity contribution in [3.63, 3.8) is 0 Å². The van der Waals surface area contributed by atoms with Gasteiger partial charge in [-0.3, -0.25) is 13.9 Å². The number of amides is 2. The third kappa shape index (κ3) is 9.03. The highest BCUT2D eigenvalue weighted by Crippen LogP contribution is 2.20. The number of anilines is 1. The zero-order valence-electron chi connectivity index (χ0n) is 20.3. The monoisotopic (exact) mass is 586 g/mol. The maximum atomic E-state index is 12.3. The average molecular weight is 587 g/mol. The van der Waals surface area contributed by atoms with Crippen molar-refractivity contribution >= 4 is 49.7 Å². The number of sulfonamides is 1. The molecule has 0 saturated carbocycles. The fourth-order valence-electron chi connectivity index (χ4n) is 3.26. The second-order valence-electron chi connectivity index (χ2n) is 8.10. The van der Waals surface area contributed by atoms with Gasteiger partial charge in [0.15, 0.2) is 6.61 Å². The van der Waals surface area contributed by atoms with Crippen molar-refractivity contribution in [1.82, 2.24) is 10.7 Å². The molecule has 11 heteroatoms. The number of carbonyl (C=O) groups is 2. The fourth-order valence-corrected chi connectivity index (χ4v) is 4.38. The van der Waals surface area contributed by atoms with Gasteiger partial charge in [-0.25, -0.2) is 13.8 Å². The zero-order valence-corrected chi connectivity index (χ0v) is 22.7. The number of ether oxygens (including phenoxy) is 1. The first kappa shape index (κ1) is 27.9. The Morgan fingerprint density at radius 2 is 1.65 bits per heavy atom. The summed E-state index contributed by atoms with van der Waals surface area (Å²) in [5.41, 5.74) is 4.37. The van der Waals surface area contributed by atoms with Gasteiger partial charge in [0.05, 0.1) is 24.2 Å². The molecule has 0 unspecified atom stereocenters. The predicted octanol–water partition coefficient (Wildman–Crippen LogP) is 3.62. The molecule has 0 spiro atoms. The molecule has 3 aromatic carbocycles. The summed E-state index contributed by atoms with van der Waals surface area (Å²) in [5, 5.41) is 6.77. The van der Waals surface area contributed by atoms with Gasteiger partial charge in [-0.15, -0.1) is 0 Å². The van der Waals surface area contributed by atoms with Crippen molar-refractivity contribution in [1.29, 1.82) is 0 Å². The lowest BCUT2D eigenvalue weighted by Gasteiger charge is -2.21. The SMILES string of the molecule is C[C@H](NC(=O)COc1ccc(/C=N\NC(=O)CN(c2ccc(Br)cc2)S(C)(=O)=O)cc1)c1ccccc1. The first-order valence-electron chi connectivity index (χ1n) is 11.2. The molecule has 2 N–H and O–H groups in total. The Hall–Kier alpha value is -3.70. The third-order valence-corrected chi connectivity index (χ3v) is 6.80.